The van der Waals surface area contributed by atoms with Gasteiger partial charge in [-0.05, 0) is 17.7 Å². The fourth-order valence-electron chi connectivity index (χ4n) is 1.60. The van der Waals surface area contributed by atoms with E-state index in [4.69, 9.17) is 28.3 Å². The molecule has 0 aliphatic carbocycles. The van der Waals surface area contributed by atoms with Crippen LogP contribution in [0.3, 0.4) is 0 Å². The van der Waals surface area contributed by atoms with Crippen molar-refractivity contribution >= 4 is 34.9 Å². The molecule has 9 heteroatoms. The molecule has 104 valence electrons. The second-order valence-corrected chi connectivity index (χ2v) is 4.69. The van der Waals surface area contributed by atoms with Crippen molar-refractivity contribution < 1.29 is 14.8 Å². The number of carbonyl (C=O) groups is 1. The van der Waals surface area contributed by atoms with Crippen LogP contribution in [0.1, 0.15) is 16.1 Å². The summed E-state index contributed by atoms with van der Waals surface area (Å²) in [6, 6.07) is 4.83. The average molecular weight is 316 g/mol. The molecule has 0 atom stereocenters. The zero-order chi connectivity index (χ0) is 14.9. The van der Waals surface area contributed by atoms with Crippen LogP contribution in [0, 0.1) is 10.1 Å². The number of nitrogens with zero attached hydrogens (tertiary/aromatic N) is 3. The van der Waals surface area contributed by atoms with E-state index in [1.807, 2.05) is 0 Å². The predicted octanol–water partition coefficient (Wildman–Crippen LogP) is 2.84. The van der Waals surface area contributed by atoms with Crippen molar-refractivity contribution in [3.8, 4) is 0 Å². The zero-order valence-corrected chi connectivity index (χ0v) is 11.3. The van der Waals surface area contributed by atoms with E-state index >= 15 is 0 Å². The molecule has 0 saturated heterocycles. The Morgan fingerprint density at radius 2 is 2.10 bits per heavy atom. The third kappa shape index (κ3) is 2.89. The van der Waals surface area contributed by atoms with Gasteiger partial charge in [-0.2, -0.15) is 5.10 Å². The fraction of sp³-hybridized carbons (Fsp3) is 0.0909. The summed E-state index contributed by atoms with van der Waals surface area (Å²) in [7, 11) is 0. The van der Waals surface area contributed by atoms with Gasteiger partial charge in [0.25, 0.3) is 0 Å². The van der Waals surface area contributed by atoms with Gasteiger partial charge in [-0.15, -0.1) is 0 Å². The van der Waals surface area contributed by atoms with Gasteiger partial charge in [-0.3, -0.25) is 14.8 Å². The number of nitro groups is 1. The molecule has 0 unspecified atom stereocenters. The standard InChI is InChI=1S/C11H7Cl2N3O4/c12-7-2-1-6(3-8(7)13)4-15-5-9(16(19)20)10(14-15)11(17)18/h1-3,5H,4H2,(H,17,18). The van der Waals surface area contributed by atoms with E-state index in [0.29, 0.717) is 15.6 Å². The summed E-state index contributed by atoms with van der Waals surface area (Å²) in [6.07, 6.45) is 1.06. The number of hydrogen-bond acceptors (Lipinski definition) is 4. The Balaban J connectivity index is 2.34. The highest BCUT2D eigenvalue weighted by atomic mass is 35.5. The highest BCUT2D eigenvalue weighted by molar-refractivity contribution is 6.42. The molecule has 0 spiro atoms. The molecule has 1 aromatic carbocycles. The highest BCUT2D eigenvalue weighted by Crippen LogP contribution is 2.23. The van der Waals surface area contributed by atoms with Crippen LogP contribution < -0.4 is 0 Å². The predicted molar refractivity (Wildman–Crippen MR) is 71.4 cm³/mol. The van der Waals surface area contributed by atoms with E-state index in [2.05, 4.69) is 5.10 Å². The van der Waals surface area contributed by atoms with Gasteiger partial charge in [0.1, 0.15) is 6.20 Å². The molecule has 0 fully saturated rings. The number of halogens is 2. The van der Waals surface area contributed by atoms with Crippen LogP contribution in [0.2, 0.25) is 10.0 Å². The van der Waals surface area contributed by atoms with Crippen molar-refractivity contribution in [2.24, 2.45) is 0 Å². The SMILES string of the molecule is O=C(O)c1nn(Cc2ccc(Cl)c(Cl)c2)cc1[N+](=O)[O-]. The van der Waals surface area contributed by atoms with Crippen molar-refractivity contribution in [1.29, 1.82) is 0 Å². The third-order valence-electron chi connectivity index (χ3n) is 2.47. The number of carboxylic acid groups (broad SMARTS) is 1. The minimum Gasteiger partial charge on any atom is -0.476 e. The molecule has 20 heavy (non-hydrogen) atoms. The monoisotopic (exact) mass is 315 g/mol. The van der Waals surface area contributed by atoms with Crippen LogP contribution in [-0.2, 0) is 6.54 Å². The van der Waals surface area contributed by atoms with Gasteiger partial charge < -0.3 is 5.11 Å². The molecule has 2 rings (SSSR count). The molecule has 1 N–H and O–H groups in total. The molecular formula is C11H7Cl2N3O4. The lowest BCUT2D eigenvalue weighted by molar-refractivity contribution is -0.385. The summed E-state index contributed by atoms with van der Waals surface area (Å²) in [5, 5.41) is 24.0. The number of hydrogen-bond donors (Lipinski definition) is 1. The van der Waals surface area contributed by atoms with Crippen molar-refractivity contribution in [3.63, 3.8) is 0 Å². The molecule has 0 aliphatic heterocycles. The van der Waals surface area contributed by atoms with Gasteiger partial charge in [-0.1, -0.05) is 29.3 Å². The topological polar surface area (TPSA) is 98.3 Å². The van der Waals surface area contributed by atoms with E-state index < -0.39 is 22.3 Å². The Morgan fingerprint density at radius 1 is 1.40 bits per heavy atom. The molecule has 1 heterocycles. The Bertz CT molecular complexity index is 667. The first-order chi connectivity index (χ1) is 9.38. The maximum atomic E-state index is 10.9. The molecule has 7 nitrogen and oxygen atoms in total. The Kier molecular flexibility index (Phi) is 3.91. The minimum atomic E-state index is -1.45. The van der Waals surface area contributed by atoms with E-state index in [1.54, 1.807) is 18.2 Å². The van der Waals surface area contributed by atoms with Crippen molar-refractivity contribution in [3.05, 3.63) is 55.8 Å². The van der Waals surface area contributed by atoms with Gasteiger partial charge in [-0.25, -0.2) is 4.79 Å². The summed E-state index contributed by atoms with van der Waals surface area (Å²) >= 11 is 11.6. The van der Waals surface area contributed by atoms with Crippen molar-refractivity contribution in [2.45, 2.75) is 6.54 Å². The lowest BCUT2D eigenvalue weighted by atomic mass is 10.2. The summed E-state index contributed by atoms with van der Waals surface area (Å²) in [5.41, 5.74) is -0.471. The molecule has 0 saturated carbocycles. The molecule has 1 aromatic heterocycles. The van der Waals surface area contributed by atoms with Gasteiger partial charge >= 0.3 is 11.7 Å². The van der Waals surface area contributed by atoms with Gasteiger partial charge in [0.2, 0.25) is 5.69 Å². The number of rotatable bonds is 4. The first kappa shape index (κ1) is 14.3. The average Bonchev–Trinajstić information content (AvgIpc) is 2.78. The minimum absolute atomic E-state index is 0.144. The third-order valence-corrected chi connectivity index (χ3v) is 3.21. The van der Waals surface area contributed by atoms with Crippen LogP contribution in [0.5, 0.6) is 0 Å². The number of aromatic carboxylic acids is 1. The van der Waals surface area contributed by atoms with E-state index in [1.165, 1.54) is 4.68 Å². The van der Waals surface area contributed by atoms with E-state index in [-0.39, 0.29) is 6.54 Å². The van der Waals surface area contributed by atoms with Gasteiger partial charge in [0.05, 0.1) is 21.5 Å². The quantitative estimate of drug-likeness (QED) is 0.691. The summed E-state index contributed by atoms with van der Waals surface area (Å²) in [6.45, 7) is 0.144. The van der Waals surface area contributed by atoms with Crippen LogP contribution in [0.25, 0.3) is 0 Å². The summed E-state index contributed by atoms with van der Waals surface area (Å²) in [5.74, 6) is -1.45. The van der Waals surface area contributed by atoms with Gasteiger partial charge in [0.15, 0.2) is 0 Å². The van der Waals surface area contributed by atoms with E-state index in [0.717, 1.165) is 6.20 Å². The lowest BCUT2D eigenvalue weighted by Crippen LogP contribution is -2.04. The first-order valence-corrected chi connectivity index (χ1v) is 6.03. The fourth-order valence-corrected chi connectivity index (χ4v) is 1.92. The largest absolute Gasteiger partial charge is 0.476 e. The molecular weight excluding hydrogens is 309 g/mol. The maximum absolute atomic E-state index is 10.9. The number of benzene rings is 1. The Labute approximate surface area is 122 Å². The highest BCUT2D eigenvalue weighted by Gasteiger charge is 2.25. The van der Waals surface area contributed by atoms with Crippen molar-refractivity contribution in [2.75, 3.05) is 0 Å². The van der Waals surface area contributed by atoms with Crippen LogP contribution in [0.4, 0.5) is 5.69 Å². The van der Waals surface area contributed by atoms with Crippen molar-refractivity contribution in [1.82, 2.24) is 9.78 Å². The van der Waals surface area contributed by atoms with Crippen LogP contribution in [-0.4, -0.2) is 25.8 Å². The molecule has 0 aliphatic rings. The molecule has 0 amide bonds. The summed E-state index contributed by atoms with van der Waals surface area (Å²) in [4.78, 5) is 20.8. The Morgan fingerprint density at radius 3 is 2.60 bits per heavy atom. The normalized spacial score (nSPS) is 10.5. The molecule has 2 aromatic rings. The smallest absolute Gasteiger partial charge is 0.363 e. The van der Waals surface area contributed by atoms with E-state index in [9.17, 15) is 14.9 Å². The number of carboxylic acids is 1. The molecule has 0 radical (unpaired) electrons. The number of aromatic nitrogens is 2. The maximum Gasteiger partial charge on any atom is 0.363 e. The second-order valence-electron chi connectivity index (χ2n) is 3.87. The lowest BCUT2D eigenvalue weighted by Gasteiger charge is -2.03. The second kappa shape index (κ2) is 5.48. The van der Waals surface area contributed by atoms with Crippen LogP contribution >= 0.6 is 23.2 Å². The van der Waals surface area contributed by atoms with Crippen LogP contribution in [0.15, 0.2) is 24.4 Å². The summed E-state index contributed by atoms with van der Waals surface area (Å²) < 4.78 is 1.17. The first-order valence-electron chi connectivity index (χ1n) is 5.27. The molecule has 0 bridgehead atoms. The van der Waals surface area contributed by atoms with Gasteiger partial charge in [0, 0.05) is 0 Å². The zero-order valence-electron chi connectivity index (χ0n) is 9.79. The Hall–Kier alpha value is -2.12.